The standard InChI is InChI=1S/C54H33N3O.C4H6/c1-2-14-34(15-3-1)55-47-24-10-6-18-41(47)53-39(20-12-26-49(53)55)40-21-13-27-50-54(40)42-19-7-11-25-48(42)57(50)36-29-31-52-44(33-36)43-32-35(28-30-51(43)58-52)56-45-22-8-4-16-37(45)38-17-5-9-23-46(38)56;1-3-4-2/h1-33H;3-4H,1-2H2. The smallest absolute Gasteiger partial charge is 0.135 e. The lowest BCUT2D eigenvalue weighted by Crippen LogP contribution is -1.94. The van der Waals surface area contributed by atoms with Crippen LogP contribution in [0.2, 0.25) is 0 Å². The number of hydrogen-bond donors (Lipinski definition) is 0. The molecular weight excluding hydrogens is 755 g/mol. The summed E-state index contributed by atoms with van der Waals surface area (Å²) in [7, 11) is 0. The lowest BCUT2D eigenvalue weighted by molar-refractivity contribution is 0.669. The normalized spacial score (nSPS) is 11.7. The van der Waals surface area contributed by atoms with Gasteiger partial charge in [0.2, 0.25) is 0 Å². The maximum atomic E-state index is 6.51. The van der Waals surface area contributed by atoms with Crippen LogP contribution in [0.25, 0.3) is 116 Å². The van der Waals surface area contributed by atoms with Crippen LogP contribution >= 0.6 is 0 Å². The lowest BCUT2D eigenvalue weighted by atomic mass is 9.95. The van der Waals surface area contributed by atoms with Gasteiger partial charge in [-0.2, -0.15) is 0 Å². The number of furan rings is 1. The second kappa shape index (κ2) is 14.1. The van der Waals surface area contributed by atoms with Gasteiger partial charge >= 0.3 is 0 Å². The maximum absolute atomic E-state index is 6.51. The van der Waals surface area contributed by atoms with Crippen molar-refractivity contribution in [3.63, 3.8) is 0 Å². The highest BCUT2D eigenvalue weighted by molar-refractivity contribution is 6.22. The van der Waals surface area contributed by atoms with Gasteiger partial charge < -0.3 is 18.1 Å². The molecule has 0 saturated heterocycles. The molecule has 4 nitrogen and oxygen atoms in total. The van der Waals surface area contributed by atoms with Gasteiger partial charge in [0.15, 0.2) is 0 Å². The molecule has 0 fully saturated rings. The van der Waals surface area contributed by atoms with E-state index in [2.05, 4.69) is 227 Å². The van der Waals surface area contributed by atoms with Gasteiger partial charge in [0.25, 0.3) is 0 Å². The zero-order valence-corrected chi connectivity index (χ0v) is 33.9. The van der Waals surface area contributed by atoms with Gasteiger partial charge in [-0.3, -0.25) is 0 Å². The highest BCUT2D eigenvalue weighted by atomic mass is 16.3. The highest BCUT2D eigenvalue weighted by Gasteiger charge is 2.21. The summed E-state index contributed by atoms with van der Waals surface area (Å²) in [6, 6.07) is 72.4. The summed E-state index contributed by atoms with van der Waals surface area (Å²) in [5.74, 6) is 0. The average molecular weight is 794 g/mol. The van der Waals surface area contributed by atoms with Crippen LogP contribution in [0.5, 0.6) is 0 Å². The Bertz CT molecular complexity index is 3850. The predicted octanol–water partition coefficient (Wildman–Crippen LogP) is 15.9. The van der Waals surface area contributed by atoms with Crippen LogP contribution in [-0.2, 0) is 0 Å². The van der Waals surface area contributed by atoms with E-state index in [1.54, 1.807) is 12.2 Å². The summed E-state index contributed by atoms with van der Waals surface area (Å²) in [5, 5.41) is 9.67. The van der Waals surface area contributed by atoms with Crippen molar-refractivity contribution >= 4 is 87.4 Å². The van der Waals surface area contributed by atoms with E-state index in [-0.39, 0.29) is 0 Å². The molecule has 0 aliphatic rings. The molecule has 0 bridgehead atoms. The number of fused-ring (bicyclic) bond motifs is 12. The fraction of sp³-hybridized carbons (Fsp3) is 0. The Morgan fingerprint density at radius 1 is 0.306 bits per heavy atom. The van der Waals surface area contributed by atoms with Gasteiger partial charge in [-0.1, -0.05) is 141 Å². The molecule has 0 atom stereocenters. The number of hydrogen-bond acceptors (Lipinski definition) is 1. The number of para-hydroxylation sites is 5. The first-order valence-corrected chi connectivity index (χ1v) is 21.0. The van der Waals surface area contributed by atoms with E-state index >= 15 is 0 Å². The van der Waals surface area contributed by atoms with Crippen molar-refractivity contribution in [2.75, 3.05) is 0 Å². The fourth-order valence-corrected chi connectivity index (χ4v) is 9.85. The molecule has 4 aromatic heterocycles. The Morgan fingerprint density at radius 3 is 1.15 bits per heavy atom. The third-order valence-electron chi connectivity index (χ3n) is 12.4. The lowest BCUT2D eigenvalue weighted by Gasteiger charge is -2.11. The molecule has 0 unspecified atom stereocenters. The molecule has 0 aliphatic carbocycles. The van der Waals surface area contributed by atoms with E-state index in [4.69, 9.17) is 4.42 Å². The van der Waals surface area contributed by atoms with Crippen LogP contribution in [-0.4, -0.2) is 13.7 Å². The van der Waals surface area contributed by atoms with Gasteiger partial charge in [0.1, 0.15) is 11.2 Å². The SMILES string of the molecule is C=CC=C.c1ccc(-n2c3ccccc3c3c(-c4cccc5c4c4ccccc4n5-c4ccc5oc6ccc(-n7c8ccccc8c8ccccc87)cc6c5c4)cccc32)cc1. The Hall–Kier alpha value is -8.34. The van der Waals surface area contributed by atoms with Crippen LogP contribution < -0.4 is 0 Å². The third-order valence-corrected chi connectivity index (χ3v) is 12.4. The van der Waals surface area contributed by atoms with Crippen molar-refractivity contribution in [2.24, 2.45) is 0 Å². The summed E-state index contributed by atoms with van der Waals surface area (Å²) in [4.78, 5) is 0. The van der Waals surface area contributed by atoms with Gasteiger partial charge in [-0.25, -0.2) is 0 Å². The van der Waals surface area contributed by atoms with Crippen LogP contribution in [0.4, 0.5) is 0 Å². The van der Waals surface area contributed by atoms with Crippen molar-refractivity contribution in [1.29, 1.82) is 0 Å². The molecule has 13 rings (SSSR count). The van der Waals surface area contributed by atoms with Crippen LogP contribution in [0.1, 0.15) is 0 Å². The minimum Gasteiger partial charge on any atom is -0.456 e. The van der Waals surface area contributed by atoms with Crippen molar-refractivity contribution in [3.05, 3.63) is 226 Å². The summed E-state index contributed by atoms with van der Waals surface area (Å²) >= 11 is 0. The molecular formula is C58H39N3O. The van der Waals surface area contributed by atoms with Gasteiger partial charge in [-0.15, -0.1) is 0 Å². The van der Waals surface area contributed by atoms with Crippen molar-refractivity contribution in [3.8, 4) is 28.2 Å². The van der Waals surface area contributed by atoms with Crippen molar-refractivity contribution in [2.45, 2.75) is 0 Å². The summed E-state index contributed by atoms with van der Waals surface area (Å²) in [6.45, 7) is 6.72. The van der Waals surface area contributed by atoms with E-state index < -0.39 is 0 Å². The number of rotatable bonds is 5. The second-order valence-corrected chi connectivity index (χ2v) is 15.7. The number of allylic oxidation sites excluding steroid dienone is 2. The Balaban J connectivity index is 0.000000986. The summed E-state index contributed by atoms with van der Waals surface area (Å²) in [6.07, 6.45) is 3.28. The highest BCUT2D eigenvalue weighted by Crippen LogP contribution is 2.44. The van der Waals surface area contributed by atoms with E-state index in [0.717, 1.165) is 39.0 Å². The topological polar surface area (TPSA) is 27.9 Å². The third kappa shape index (κ3) is 5.27. The fourth-order valence-electron chi connectivity index (χ4n) is 9.85. The minimum absolute atomic E-state index is 0.876. The summed E-state index contributed by atoms with van der Waals surface area (Å²) in [5.41, 5.74) is 14.7. The van der Waals surface area contributed by atoms with Crippen LogP contribution in [0, 0.1) is 0 Å². The van der Waals surface area contributed by atoms with Gasteiger partial charge in [-0.05, 0) is 96.1 Å². The summed E-state index contributed by atoms with van der Waals surface area (Å²) < 4.78 is 13.7. The van der Waals surface area contributed by atoms with Crippen molar-refractivity contribution < 1.29 is 4.42 Å². The molecule has 0 aliphatic heterocycles. The molecule has 0 amide bonds. The second-order valence-electron chi connectivity index (χ2n) is 15.7. The number of nitrogens with zero attached hydrogens (tertiary/aromatic N) is 3. The van der Waals surface area contributed by atoms with Crippen LogP contribution in [0.3, 0.4) is 0 Å². The molecule has 292 valence electrons. The largest absolute Gasteiger partial charge is 0.456 e. The Morgan fingerprint density at radius 2 is 0.677 bits per heavy atom. The zero-order valence-electron chi connectivity index (χ0n) is 33.9. The Labute approximate surface area is 357 Å². The maximum Gasteiger partial charge on any atom is 0.135 e. The number of benzene rings is 9. The number of aromatic nitrogens is 3. The van der Waals surface area contributed by atoms with E-state index in [9.17, 15) is 0 Å². The van der Waals surface area contributed by atoms with E-state index in [0.29, 0.717) is 0 Å². The predicted molar refractivity (Wildman–Crippen MR) is 263 cm³/mol. The quantitative estimate of drug-likeness (QED) is 0.160. The first kappa shape index (κ1) is 35.6. The minimum atomic E-state index is 0.876. The van der Waals surface area contributed by atoms with Gasteiger partial charge in [0, 0.05) is 60.2 Å². The molecule has 4 heteroatoms. The monoisotopic (exact) mass is 793 g/mol. The first-order chi connectivity index (χ1) is 30.7. The molecule has 0 radical (unpaired) electrons. The molecule has 9 aromatic carbocycles. The molecule has 0 spiro atoms. The first-order valence-electron chi connectivity index (χ1n) is 21.0. The molecule has 62 heavy (non-hydrogen) atoms. The average Bonchev–Trinajstić information content (AvgIpc) is 4.08. The van der Waals surface area contributed by atoms with E-state index in [1.165, 1.54) is 76.5 Å². The molecule has 13 aromatic rings. The molecule has 4 heterocycles. The zero-order chi connectivity index (χ0) is 41.3. The van der Waals surface area contributed by atoms with E-state index in [1.807, 2.05) is 0 Å². The molecule has 0 saturated carbocycles. The van der Waals surface area contributed by atoms with Crippen LogP contribution in [0.15, 0.2) is 230 Å². The van der Waals surface area contributed by atoms with Gasteiger partial charge in [0.05, 0.1) is 33.1 Å². The van der Waals surface area contributed by atoms with Crippen molar-refractivity contribution in [1.82, 2.24) is 13.7 Å². The molecule has 0 N–H and O–H groups in total. The Kier molecular flexibility index (Phi) is 8.12.